The summed E-state index contributed by atoms with van der Waals surface area (Å²) in [5.74, 6) is 1.05. The summed E-state index contributed by atoms with van der Waals surface area (Å²) >= 11 is 0. The van der Waals surface area contributed by atoms with Crippen LogP contribution in [0.4, 0.5) is 0 Å². The first kappa shape index (κ1) is 13.3. The van der Waals surface area contributed by atoms with E-state index >= 15 is 0 Å². The van der Waals surface area contributed by atoms with Crippen molar-refractivity contribution in [3.63, 3.8) is 0 Å². The zero-order chi connectivity index (χ0) is 13.8. The Morgan fingerprint density at radius 3 is 2.63 bits per heavy atom. The zero-order valence-electron chi connectivity index (χ0n) is 11.4. The highest BCUT2D eigenvalue weighted by molar-refractivity contribution is 5.94. The van der Waals surface area contributed by atoms with Crippen LogP contribution in [0.15, 0.2) is 37.1 Å². The van der Waals surface area contributed by atoms with Crippen molar-refractivity contribution in [1.29, 1.82) is 0 Å². The molecule has 1 unspecified atom stereocenters. The number of carbonyl (C=O) groups is 1. The van der Waals surface area contributed by atoms with Crippen LogP contribution in [0.1, 0.15) is 31.1 Å². The van der Waals surface area contributed by atoms with Crippen LogP contribution in [0, 0.1) is 5.92 Å². The molecule has 0 radical (unpaired) electrons. The second-order valence-electron chi connectivity index (χ2n) is 4.88. The lowest BCUT2D eigenvalue weighted by molar-refractivity contribution is 0.0930. The molecule has 19 heavy (non-hydrogen) atoms. The summed E-state index contributed by atoms with van der Waals surface area (Å²) in [6.07, 6.45) is 6.75. The first-order valence-corrected chi connectivity index (χ1v) is 6.33. The Bertz CT molecular complexity index is 531. The summed E-state index contributed by atoms with van der Waals surface area (Å²) in [6.45, 7) is 6.15. The number of nitrogens with zero attached hydrogens (tertiary/aromatic N) is 3. The van der Waals surface area contributed by atoms with E-state index in [-0.39, 0.29) is 11.9 Å². The van der Waals surface area contributed by atoms with Gasteiger partial charge in [-0.3, -0.25) is 9.36 Å². The van der Waals surface area contributed by atoms with Crippen molar-refractivity contribution in [2.24, 2.45) is 5.92 Å². The fourth-order valence-corrected chi connectivity index (χ4v) is 1.52. The van der Waals surface area contributed by atoms with Crippen LogP contribution in [-0.2, 0) is 0 Å². The van der Waals surface area contributed by atoms with Gasteiger partial charge >= 0.3 is 0 Å². The molecule has 5 nitrogen and oxygen atoms in total. The molecule has 0 aliphatic carbocycles. The first-order chi connectivity index (χ1) is 9.08. The highest BCUT2D eigenvalue weighted by atomic mass is 16.1. The molecule has 2 aromatic rings. The maximum atomic E-state index is 12.0. The van der Waals surface area contributed by atoms with Gasteiger partial charge in [-0.1, -0.05) is 13.8 Å². The molecule has 0 aliphatic rings. The fraction of sp³-hybridized carbons (Fsp3) is 0.357. The van der Waals surface area contributed by atoms with Crippen LogP contribution in [0.2, 0.25) is 0 Å². The van der Waals surface area contributed by atoms with Crippen molar-refractivity contribution in [2.45, 2.75) is 26.8 Å². The van der Waals surface area contributed by atoms with E-state index in [1.54, 1.807) is 35.4 Å². The predicted octanol–water partition coefficient (Wildman–Crippen LogP) is 2.04. The van der Waals surface area contributed by atoms with Gasteiger partial charge in [0.05, 0.1) is 5.56 Å². The standard InChI is InChI=1S/C14H18N4O/c1-10(2)11(3)17-14(19)12-4-5-13(16-8-12)18-7-6-15-9-18/h4-11H,1-3H3,(H,17,19). The van der Waals surface area contributed by atoms with Crippen LogP contribution in [0.25, 0.3) is 5.82 Å². The normalized spacial score (nSPS) is 12.4. The maximum absolute atomic E-state index is 12.0. The van der Waals surface area contributed by atoms with E-state index < -0.39 is 0 Å². The van der Waals surface area contributed by atoms with Gasteiger partial charge in [0, 0.05) is 24.6 Å². The number of carbonyl (C=O) groups excluding carboxylic acids is 1. The minimum Gasteiger partial charge on any atom is -0.349 e. The van der Waals surface area contributed by atoms with Gasteiger partial charge in [-0.2, -0.15) is 0 Å². The van der Waals surface area contributed by atoms with Crippen molar-refractivity contribution in [3.05, 3.63) is 42.6 Å². The van der Waals surface area contributed by atoms with Gasteiger partial charge < -0.3 is 5.32 Å². The van der Waals surface area contributed by atoms with Gasteiger partial charge in [-0.05, 0) is 25.0 Å². The van der Waals surface area contributed by atoms with Gasteiger partial charge in [0.25, 0.3) is 5.91 Å². The Hall–Kier alpha value is -2.17. The van der Waals surface area contributed by atoms with Crippen molar-refractivity contribution in [1.82, 2.24) is 19.9 Å². The summed E-state index contributed by atoms with van der Waals surface area (Å²) < 4.78 is 1.79. The van der Waals surface area contributed by atoms with E-state index in [9.17, 15) is 4.79 Å². The molecular formula is C14H18N4O. The molecule has 0 bridgehead atoms. The second kappa shape index (κ2) is 5.65. The largest absolute Gasteiger partial charge is 0.349 e. The van der Waals surface area contributed by atoms with Crippen LogP contribution < -0.4 is 5.32 Å². The third-order valence-corrected chi connectivity index (χ3v) is 3.14. The van der Waals surface area contributed by atoms with Gasteiger partial charge in [0.15, 0.2) is 0 Å². The van der Waals surface area contributed by atoms with E-state index in [1.165, 1.54) is 0 Å². The summed E-state index contributed by atoms with van der Waals surface area (Å²) in [5.41, 5.74) is 0.566. The highest BCUT2D eigenvalue weighted by Crippen LogP contribution is 2.07. The van der Waals surface area contributed by atoms with E-state index in [4.69, 9.17) is 0 Å². The lowest BCUT2D eigenvalue weighted by atomic mass is 10.1. The molecule has 1 atom stereocenters. The van der Waals surface area contributed by atoms with Crippen LogP contribution in [0.3, 0.4) is 0 Å². The third-order valence-electron chi connectivity index (χ3n) is 3.14. The molecular weight excluding hydrogens is 240 g/mol. The minimum atomic E-state index is -0.0918. The average Bonchev–Trinajstić information content (AvgIpc) is 2.92. The third kappa shape index (κ3) is 3.19. The molecule has 1 N–H and O–H groups in total. The first-order valence-electron chi connectivity index (χ1n) is 6.33. The summed E-state index contributed by atoms with van der Waals surface area (Å²) in [4.78, 5) is 20.2. The fourth-order valence-electron chi connectivity index (χ4n) is 1.52. The SMILES string of the molecule is CC(C)C(C)NC(=O)c1ccc(-n2ccnc2)nc1. The zero-order valence-corrected chi connectivity index (χ0v) is 11.4. The van der Waals surface area contributed by atoms with Crippen LogP contribution in [0.5, 0.6) is 0 Å². The van der Waals surface area contributed by atoms with E-state index in [0.29, 0.717) is 11.5 Å². The molecule has 0 spiro atoms. The summed E-state index contributed by atoms with van der Waals surface area (Å²) in [7, 11) is 0. The van der Waals surface area contributed by atoms with Gasteiger partial charge in [-0.15, -0.1) is 0 Å². The molecule has 0 fully saturated rings. The quantitative estimate of drug-likeness (QED) is 0.913. The number of amides is 1. The van der Waals surface area contributed by atoms with Gasteiger partial charge in [0.1, 0.15) is 12.1 Å². The van der Waals surface area contributed by atoms with Crippen molar-refractivity contribution >= 4 is 5.91 Å². The van der Waals surface area contributed by atoms with E-state index in [1.807, 2.05) is 13.1 Å². The van der Waals surface area contributed by atoms with Gasteiger partial charge in [-0.25, -0.2) is 9.97 Å². The Labute approximate surface area is 112 Å². The van der Waals surface area contributed by atoms with Crippen molar-refractivity contribution in [3.8, 4) is 5.82 Å². The number of hydrogen-bond donors (Lipinski definition) is 1. The number of nitrogens with one attached hydrogen (secondary N) is 1. The molecule has 5 heteroatoms. The predicted molar refractivity (Wildman–Crippen MR) is 73.1 cm³/mol. The lowest BCUT2D eigenvalue weighted by Gasteiger charge is -2.17. The number of hydrogen-bond acceptors (Lipinski definition) is 3. The lowest BCUT2D eigenvalue weighted by Crippen LogP contribution is -2.36. The molecule has 100 valence electrons. The Morgan fingerprint density at radius 1 is 1.32 bits per heavy atom. The van der Waals surface area contributed by atoms with Crippen molar-refractivity contribution < 1.29 is 4.79 Å². The summed E-state index contributed by atoms with van der Waals surface area (Å²) in [6, 6.07) is 3.71. The molecule has 0 saturated carbocycles. The molecule has 2 rings (SSSR count). The van der Waals surface area contributed by atoms with E-state index in [2.05, 4.69) is 29.1 Å². The number of aromatic nitrogens is 3. The topological polar surface area (TPSA) is 59.8 Å². The molecule has 2 heterocycles. The maximum Gasteiger partial charge on any atom is 0.253 e. The number of rotatable bonds is 4. The second-order valence-corrected chi connectivity index (χ2v) is 4.88. The Kier molecular flexibility index (Phi) is 3.94. The number of imidazole rings is 1. The summed E-state index contributed by atoms with van der Waals surface area (Å²) in [5, 5.41) is 2.95. The molecule has 0 aliphatic heterocycles. The highest BCUT2D eigenvalue weighted by Gasteiger charge is 2.12. The minimum absolute atomic E-state index is 0.0918. The Balaban J connectivity index is 2.08. The van der Waals surface area contributed by atoms with Crippen LogP contribution in [-0.4, -0.2) is 26.5 Å². The van der Waals surface area contributed by atoms with Gasteiger partial charge in [0.2, 0.25) is 0 Å². The van der Waals surface area contributed by atoms with E-state index in [0.717, 1.165) is 5.82 Å². The van der Waals surface area contributed by atoms with Crippen molar-refractivity contribution in [2.75, 3.05) is 0 Å². The van der Waals surface area contributed by atoms with Crippen LogP contribution >= 0.6 is 0 Å². The smallest absolute Gasteiger partial charge is 0.253 e. The molecule has 0 aromatic carbocycles. The monoisotopic (exact) mass is 258 g/mol. The number of pyridine rings is 1. The molecule has 2 aromatic heterocycles. The average molecular weight is 258 g/mol. The molecule has 1 amide bonds. The molecule has 0 saturated heterocycles. The Morgan fingerprint density at radius 2 is 2.11 bits per heavy atom.